The van der Waals surface area contributed by atoms with E-state index in [-0.39, 0.29) is 0 Å². The summed E-state index contributed by atoms with van der Waals surface area (Å²) < 4.78 is 10.9. The van der Waals surface area contributed by atoms with Crippen LogP contribution in [0.4, 0.5) is 0 Å². The summed E-state index contributed by atoms with van der Waals surface area (Å²) in [7, 11) is 0. The lowest BCUT2D eigenvalue weighted by Crippen LogP contribution is -2.39. The van der Waals surface area contributed by atoms with Crippen LogP contribution in [0.2, 0.25) is 0 Å². The summed E-state index contributed by atoms with van der Waals surface area (Å²) in [6.07, 6.45) is -1.35. The van der Waals surface area contributed by atoms with Crippen LogP contribution in [0.15, 0.2) is 30.3 Å². The predicted octanol–water partition coefficient (Wildman–Crippen LogP) is 2.93. The summed E-state index contributed by atoms with van der Waals surface area (Å²) in [5, 5.41) is 10.2. The van der Waals surface area contributed by atoms with Crippen molar-refractivity contribution in [3.05, 3.63) is 35.9 Å². The van der Waals surface area contributed by atoms with Crippen LogP contribution >= 0.6 is 0 Å². The average Bonchev–Trinajstić information content (AvgIpc) is 2.42. The first kappa shape index (κ1) is 17.7. The van der Waals surface area contributed by atoms with Gasteiger partial charge in [0, 0.05) is 0 Å². The van der Waals surface area contributed by atoms with E-state index >= 15 is 0 Å². The standard InChI is InChI=1S/C17H26O4/c1-12(16(19)21-17(3,4)5)15(18)13(2)20-11-14-9-7-6-8-10-14/h6-10,12-13,15,18H,11H2,1-5H3/t12-,13?,15-/m0/s1. The lowest BCUT2D eigenvalue weighted by molar-refractivity contribution is -0.167. The van der Waals surface area contributed by atoms with Gasteiger partial charge in [0.15, 0.2) is 0 Å². The van der Waals surface area contributed by atoms with Crippen molar-refractivity contribution >= 4 is 5.97 Å². The van der Waals surface area contributed by atoms with E-state index in [2.05, 4.69) is 0 Å². The molecule has 21 heavy (non-hydrogen) atoms. The average molecular weight is 294 g/mol. The van der Waals surface area contributed by atoms with Crippen LogP contribution in [0.3, 0.4) is 0 Å². The first-order chi connectivity index (χ1) is 9.70. The molecule has 4 heteroatoms. The molecule has 1 rings (SSSR count). The van der Waals surface area contributed by atoms with E-state index in [0.717, 1.165) is 5.56 Å². The third-order valence-corrected chi connectivity index (χ3v) is 3.13. The van der Waals surface area contributed by atoms with Gasteiger partial charge in [0.2, 0.25) is 0 Å². The zero-order valence-electron chi connectivity index (χ0n) is 13.5. The Morgan fingerprint density at radius 2 is 1.76 bits per heavy atom. The van der Waals surface area contributed by atoms with Crippen molar-refractivity contribution in [1.82, 2.24) is 0 Å². The normalized spacial score (nSPS) is 16.1. The van der Waals surface area contributed by atoms with Crippen LogP contribution in [0.1, 0.15) is 40.2 Å². The third-order valence-electron chi connectivity index (χ3n) is 3.13. The second kappa shape index (κ2) is 7.57. The Bertz CT molecular complexity index is 436. The molecule has 0 aliphatic heterocycles. The summed E-state index contributed by atoms with van der Waals surface area (Å²) in [5.41, 5.74) is 0.473. The van der Waals surface area contributed by atoms with Gasteiger partial charge in [-0.15, -0.1) is 0 Å². The first-order valence-electron chi connectivity index (χ1n) is 7.27. The molecule has 0 fully saturated rings. The third kappa shape index (κ3) is 6.27. The Labute approximate surface area is 127 Å². The summed E-state index contributed by atoms with van der Waals surface area (Å²) in [4.78, 5) is 11.9. The van der Waals surface area contributed by atoms with Gasteiger partial charge in [0.25, 0.3) is 0 Å². The topological polar surface area (TPSA) is 55.8 Å². The number of hydrogen-bond acceptors (Lipinski definition) is 4. The number of aliphatic hydroxyl groups excluding tert-OH is 1. The van der Waals surface area contributed by atoms with Crippen molar-refractivity contribution in [2.24, 2.45) is 5.92 Å². The van der Waals surface area contributed by atoms with E-state index in [0.29, 0.717) is 6.61 Å². The quantitative estimate of drug-likeness (QED) is 0.820. The van der Waals surface area contributed by atoms with E-state index in [4.69, 9.17) is 9.47 Å². The number of aliphatic hydroxyl groups is 1. The van der Waals surface area contributed by atoms with Crippen LogP contribution in [-0.4, -0.2) is 28.9 Å². The smallest absolute Gasteiger partial charge is 0.311 e. The van der Waals surface area contributed by atoms with Crippen molar-refractivity contribution in [3.63, 3.8) is 0 Å². The van der Waals surface area contributed by atoms with Crippen LogP contribution < -0.4 is 0 Å². The Hall–Kier alpha value is -1.39. The molecule has 0 bridgehead atoms. The Morgan fingerprint density at radius 3 is 2.29 bits per heavy atom. The van der Waals surface area contributed by atoms with Gasteiger partial charge in [-0.05, 0) is 40.2 Å². The summed E-state index contributed by atoms with van der Waals surface area (Å²) in [5.74, 6) is -1.04. The monoisotopic (exact) mass is 294 g/mol. The second-order valence-corrected chi connectivity index (χ2v) is 6.31. The molecule has 1 aromatic rings. The zero-order valence-corrected chi connectivity index (χ0v) is 13.5. The maximum absolute atomic E-state index is 11.9. The number of rotatable bonds is 6. The number of ether oxygens (including phenoxy) is 2. The number of benzene rings is 1. The molecule has 0 saturated carbocycles. The highest BCUT2D eigenvalue weighted by atomic mass is 16.6. The number of carbonyl (C=O) groups is 1. The van der Waals surface area contributed by atoms with Gasteiger partial charge in [0.1, 0.15) is 5.60 Å². The summed E-state index contributed by atoms with van der Waals surface area (Å²) in [6, 6.07) is 9.71. The molecule has 0 aromatic heterocycles. The molecule has 3 atom stereocenters. The maximum atomic E-state index is 11.9. The van der Waals surface area contributed by atoms with Crippen molar-refractivity contribution in [1.29, 1.82) is 0 Å². The fourth-order valence-corrected chi connectivity index (χ4v) is 1.84. The van der Waals surface area contributed by atoms with Crippen LogP contribution in [0.5, 0.6) is 0 Å². The molecule has 4 nitrogen and oxygen atoms in total. The highest BCUT2D eigenvalue weighted by molar-refractivity contribution is 5.73. The van der Waals surface area contributed by atoms with Gasteiger partial charge < -0.3 is 14.6 Å². The van der Waals surface area contributed by atoms with E-state index < -0.39 is 29.7 Å². The van der Waals surface area contributed by atoms with Crippen molar-refractivity contribution in [2.45, 2.75) is 59.0 Å². The lowest BCUT2D eigenvalue weighted by atomic mass is 10.0. The fourth-order valence-electron chi connectivity index (χ4n) is 1.84. The van der Waals surface area contributed by atoms with E-state index in [1.165, 1.54) is 0 Å². The molecular formula is C17H26O4. The van der Waals surface area contributed by atoms with Gasteiger partial charge in [-0.3, -0.25) is 4.79 Å². The molecular weight excluding hydrogens is 268 g/mol. The minimum Gasteiger partial charge on any atom is -0.460 e. The molecule has 0 saturated heterocycles. The van der Waals surface area contributed by atoms with E-state index in [1.54, 1.807) is 34.6 Å². The minimum atomic E-state index is -0.899. The van der Waals surface area contributed by atoms with Gasteiger partial charge >= 0.3 is 5.97 Å². The van der Waals surface area contributed by atoms with Gasteiger partial charge in [-0.1, -0.05) is 30.3 Å². The Balaban J connectivity index is 2.49. The minimum absolute atomic E-state index is 0.403. The summed E-state index contributed by atoms with van der Waals surface area (Å²) in [6.45, 7) is 9.23. The molecule has 0 radical (unpaired) electrons. The summed E-state index contributed by atoms with van der Waals surface area (Å²) >= 11 is 0. The molecule has 0 aliphatic carbocycles. The number of esters is 1. The largest absolute Gasteiger partial charge is 0.460 e. The van der Waals surface area contributed by atoms with Crippen LogP contribution in [0.25, 0.3) is 0 Å². The highest BCUT2D eigenvalue weighted by Gasteiger charge is 2.31. The molecule has 1 aromatic carbocycles. The van der Waals surface area contributed by atoms with E-state index in [9.17, 15) is 9.90 Å². The van der Waals surface area contributed by atoms with Gasteiger partial charge in [-0.2, -0.15) is 0 Å². The first-order valence-corrected chi connectivity index (χ1v) is 7.27. The Morgan fingerprint density at radius 1 is 1.19 bits per heavy atom. The van der Waals surface area contributed by atoms with Crippen molar-refractivity contribution in [2.75, 3.05) is 0 Å². The maximum Gasteiger partial charge on any atom is 0.311 e. The molecule has 1 N–H and O–H groups in total. The SMILES string of the molecule is CC(OCc1ccccc1)[C@@H](O)[C@H](C)C(=O)OC(C)(C)C. The van der Waals surface area contributed by atoms with E-state index in [1.807, 2.05) is 30.3 Å². The molecule has 0 aliphatic rings. The molecule has 0 amide bonds. The van der Waals surface area contributed by atoms with Crippen molar-refractivity contribution in [3.8, 4) is 0 Å². The Kier molecular flexibility index (Phi) is 6.37. The number of carbonyl (C=O) groups excluding carboxylic acids is 1. The molecule has 0 spiro atoms. The molecule has 118 valence electrons. The fraction of sp³-hybridized carbons (Fsp3) is 0.588. The van der Waals surface area contributed by atoms with Crippen LogP contribution in [-0.2, 0) is 20.9 Å². The second-order valence-electron chi connectivity index (χ2n) is 6.31. The van der Waals surface area contributed by atoms with Crippen LogP contribution in [0, 0.1) is 5.92 Å². The van der Waals surface area contributed by atoms with Gasteiger partial charge in [0.05, 0.1) is 24.7 Å². The molecule has 0 heterocycles. The number of hydrogen-bond donors (Lipinski definition) is 1. The van der Waals surface area contributed by atoms with Gasteiger partial charge in [-0.25, -0.2) is 0 Å². The van der Waals surface area contributed by atoms with Crippen molar-refractivity contribution < 1.29 is 19.4 Å². The predicted molar refractivity (Wildman–Crippen MR) is 81.7 cm³/mol. The lowest BCUT2D eigenvalue weighted by Gasteiger charge is -2.27. The highest BCUT2D eigenvalue weighted by Crippen LogP contribution is 2.17. The molecule has 1 unspecified atom stereocenters. The zero-order chi connectivity index (χ0) is 16.0.